The predicted molar refractivity (Wildman–Crippen MR) is 164 cm³/mol. The van der Waals surface area contributed by atoms with Gasteiger partial charge >= 0.3 is 0 Å². The number of thiophene rings is 1. The zero-order valence-corrected chi connectivity index (χ0v) is 24.3. The molecule has 7 nitrogen and oxygen atoms in total. The Morgan fingerprint density at radius 2 is 2.07 bits per heavy atom. The van der Waals surface area contributed by atoms with Crippen LogP contribution in [0.3, 0.4) is 0 Å². The van der Waals surface area contributed by atoms with Crippen LogP contribution in [-0.4, -0.2) is 56.4 Å². The first-order chi connectivity index (χ1) is 19.9. The number of hydrogen-bond donors (Lipinski definition) is 1. The van der Waals surface area contributed by atoms with Crippen molar-refractivity contribution in [3.8, 4) is 0 Å². The number of likely N-dealkylation sites (N-methyl/N-ethyl adjacent to an activating group) is 1. The lowest BCUT2D eigenvalue weighted by molar-refractivity contribution is -0.126. The van der Waals surface area contributed by atoms with Crippen molar-refractivity contribution in [1.82, 2.24) is 24.3 Å². The lowest BCUT2D eigenvalue weighted by Crippen LogP contribution is -2.34. The van der Waals surface area contributed by atoms with Crippen LogP contribution in [0.2, 0.25) is 0 Å². The van der Waals surface area contributed by atoms with Gasteiger partial charge in [-0.2, -0.15) is 0 Å². The van der Waals surface area contributed by atoms with Gasteiger partial charge in [0.2, 0.25) is 5.91 Å². The van der Waals surface area contributed by atoms with Gasteiger partial charge in [-0.1, -0.05) is 18.2 Å². The molecule has 0 saturated carbocycles. The number of anilines is 2. The monoisotopic (exact) mass is 568 g/mol. The third kappa shape index (κ3) is 5.73. The van der Waals surface area contributed by atoms with Gasteiger partial charge < -0.3 is 19.7 Å². The summed E-state index contributed by atoms with van der Waals surface area (Å²) in [4.78, 5) is 28.2. The summed E-state index contributed by atoms with van der Waals surface area (Å²) in [5.41, 5.74) is 4.16. The Kier molecular flexibility index (Phi) is 7.55. The van der Waals surface area contributed by atoms with E-state index in [1.807, 2.05) is 29.3 Å². The summed E-state index contributed by atoms with van der Waals surface area (Å²) >= 11 is 1.64. The first-order valence-electron chi connectivity index (χ1n) is 13.9. The van der Waals surface area contributed by atoms with Crippen molar-refractivity contribution in [2.75, 3.05) is 25.5 Å². The van der Waals surface area contributed by atoms with E-state index in [9.17, 15) is 9.18 Å². The highest BCUT2D eigenvalue weighted by atomic mass is 32.1. The number of halogens is 1. The van der Waals surface area contributed by atoms with E-state index in [1.165, 1.54) is 16.5 Å². The fraction of sp³-hybridized carbons (Fsp3) is 0.281. The third-order valence-corrected chi connectivity index (χ3v) is 8.88. The Balaban J connectivity index is 1.20. The first kappa shape index (κ1) is 27.1. The maximum atomic E-state index is 13.7. The number of nitrogens with zero attached hydrogens (tertiary/aromatic N) is 5. The third-order valence-electron chi connectivity index (χ3n) is 7.76. The molecule has 1 aliphatic rings. The highest BCUT2D eigenvalue weighted by Gasteiger charge is 2.25. The van der Waals surface area contributed by atoms with Crippen molar-refractivity contribution in [3.05, 3.63) is 95.0 Å². The number of hydrogen-bond acceptors (Lipinski definition) is 6. The molecule has 0 atom stereocenters. The van der Waals surface area contributed by atoms with Gasteiger partial charge in [0.05, 0.1) is 11.9 Å². The minimum atomic E-state index is -0.224. The van der Waals surface area contributed by atoms with Gasteiger partial charge in [-0.3, -0.25) is 4.79 Å². The molecule has 0 spiro atoms. The molecule has 3 aromatic heterocycles. The van der Waals surface area contributed by atoms with Gasteiger partial charge in [0.1, 0.15) is 22.8 Å². The first-order valence-corrected chi connectivity index (χ1v) is 14.7. The highest BCUT2D eigenvalue weighted by Crippen LogP contribution is 2.38. The SMILES string of the molecule is CC(C)N(C)CC=CC(=O)N1CCc2c(sc3ncnc(Nc4ccc5c(ccn5Cc5cccc(F)c5)c4)c23)C1. The normalized spacial score (nSPS) is 13.7. The van der Waals surface area contributed by atoms with E-state index in [1.54, 1.807) is 35.9 Å². The fourth-order valence-corrected chi connectivity index (χ4v) is 6.43. The lowest BCUT2D eigenvalue weighted by atomic mass is 10.0. The van der Waals surface area contributed by atoms with Crippen molar-refractivity contribution in [2.45, 2.75) is 39.4 Å². The number of benzene rings is 2. The number of nitrogens with one attached hydrogen (secondary N) is 1. The minimum Gasteiger partial charge on any atom is -0.343 e. The molecule has 41 heavy (non-hydrogen) atoms. The molecule has 0 saturated heterocycles. The van der Waals surface area contributed by atoms with Gasteiger partial charge in [-0.25, -0.2) is 14.4 Å². The van der Waals surface area contributed by atoms with Crippen LogP contribution in [0.4, 0.5) is 15.9 Å². The van der Waals surface area contributed by atoms with Crippen LogP contribution in [0.25, 0.3) is 21.1 Å². The number of carbonyl (C=O) groups is 1. The summed E-state index contributed by atoms with van der Waals surface area (Å²) in [5.74, 6) is 0.605. The van der Waals surface area contributed by atoms with E-state index >= 15 is 0 Å². The van der Waals surface area contributed by atoms with Gasteiger partial charge in [0.15, 0.2) is 0 Å². The second-order valence-corrected chi connectivity index (χ2v) is 11.9. The summed E-state index contributed by atoms with van der Waals surface area (Å²) < 4.78 is 15.8. The average molecular weight is 569 g/mol. The molecule has 0 bridgehead atoms. The van der Waals surface area contributed by atoms with Crippen LogP contribution in [-0.2, 0) is 24.3 Å². The van der Waals surface area contributed by atoms with E-state index in [0.29, 0.717) is 25.7 Å². The van der Waals surface area contributed by atoms with Crippen LogP contribution in [0.5, 0.6) is 0 Å². The van der Waals surface area contributed by atoms with E-state index < -0.39 is 0 Å². The number of amides is 1. The zero-order valence-electron chi connectivity index (χ0n) is 23.5. The number of rotatable bonds is 8. The predicted octanol–water partition coefficient (Wildman–Crippen LogP) is 6.36. The zero-order chi connectivity index (χ0) is 28.5. The van der Waals surface area contributed by atoms with Crippen LogP contribution in [0.1, 0.15) is 29.9 Å². The molecule has 0 unspecified atom stereocenters. The summed E-state index contributed by atoms with van der Waals surface area (Å²) in [6, 6.07) is 15.4. The van der Waals surface area contributed by atoms with Gasteiger partial charge in [0, 0.05) is 59.4 Å². The molecule has 0 aliphatic carbocycles. The van der Waals surface area contributed by atoms with Crippen molar-refractivity contribution in [2.24, 2.45) is 0 Å². The molecule has 5 aromatic rings. The quantitative estimate of drug-likeness (QED) is 0.221. The fourth-order valence-electron chi connectivity index (χ4n) is 5.23. The van der Waals surface area contributed by atoms with Crippen LogP contribution >= 0.6 is 11.3 Å². The van der Waals surface area contributed by atoms with Crippen molar-refractivity contribution in [1.29, 1.82) is 0 Å². The van der Waals surface area contributed by atoms with Gasteiger partial charge in [0.25, 0.3) is 0 Å². The number of fused-ring (bicyclic) bond motifs is 4. The Labute approximate surface area is 242 Å². The van der Waals surface area contributed by atoms with Crippen molar-refractivity contribution >= 4 is 49.9 Å². The highest BCUT2D eigenvalue weighted by molar-refractivity contribution is 7.19. The maximum Gasteiger partial charge on any atom is 0.246 e. The second kappa shape index (κ2) is 11.4. The Morgan fingerprint density at radius 1 is 1.20 bits per heavy atom. The van der Waals surface area contributed by atoms with E-state index in [2.05, 4.69) is 63.8 Å². The molecule has 0 fully saturated rings. The largest absolute Gasteiger partial charge is 0.343 e. The second-order valence-electron chi connectivity index (χ2n) is 10.8. The summed E-state index contributed by atoms with van der Waals surface area (Å²) in [7, 11) is 2.06. The summed E-state index contributed by atoms with van der Waals surface area (Å²) in [6.45, 7) is 6.89. The maximum absolute atomic E-state index is 13.7. The average Bonchev–Trinajstić information content (AvgIpc) is 3.53. The standard InChI is InChI=1S/C32H33FN6OS/c1-21(2)37(3)13-5-8-29(40)39-15-12-26-28(19-39)41-32-30(26)31(34-20-35-32)36-25-9-10-27-23(17-25)11-14-38(27)18-22-6-4-7-24(33)16-22/h4-11,14,16-17,20-21H,12-13,15,18-19H2,1-3H3,(H,34,35,36). The molecule has 210 valence electrons. The van der Waals surface area contributed by atoms with Crippen LogP contribution in [0.15, 0.2) is 73.2 Å². The molecular weight excluding hydrogens is 535 g/mol. The molecular formula is C32H33FN6OS. The molecule has 2 aromatic carbocycles. The molecule has 9 heteroatoms. The molecule has 1 aliphatic heterocycles. The molecule has 4 heterocycles. The number of carbonyl (C=O) groups excluding carboxylic acids is 1. The molecule has 0 radical (unpaired) electrons. The van der Waals surface area contributed by atoms with Crippen LogP contribution < -0.4 is 5.32 Å². The molecule has 1 N–H and O–H groups in total. The van der Waals surface area contributed by atoms with E-state index in [-0.39, 0.29) is 11.7 Å². The van der Waals surface area contributed by atoms with E-state index in [0.717, 1.165) is 51.2 Å². The van der Waals surface area contributed by atoms with E-state index in [4.69, 9.17) is 0 Å². The smallest absolute Gasteiger partial charge is 0.246 e. The van der Waals surface area contributed by atoms with Gasteiger partial charge in [-0.15, -0.1) is 11.3 Å². The topological polar surface area (TPSA) is 66.3 Å². The summed E-state index contributed by atoms with van der Waals surface area (Å²) in [6.07, 6.45) is 8.04. The van der Waals surface area contributed by atoms with Crippen molar-refractivity contribution in [3.63, 3.8) is 0 Å². The molecule has 1 amide bonds. The summed E-state index contributed by atoms with van der Waals surface area (Å²) in [5, 5.41) is 5.65. The Morgan fingerprint density at radius 3 is 2.90 bits per heavy atom. The Bertz CT molecular complexity index is 1760. The molecule has 6 rings (SSSR count). The van der Waals surface area contributed by atoms with Crippen molar-refractivity contribution < 1.29 is 9.18 Å². The number of aromatic nitrogens is 3. The lowest BCUT2D eigenvalue weighted by Gasteiger charge is -2.26. The van der Waals surface area contributed by atoms with Crippen LogP contribution in [0, 0.1) is 5.82 Å². The van der Waals surface area contributed by atoms with Gasteiger partial charge in [-0.05, 0) is 74.8 Å². The Hall–Kier alpha value is -4.08. The minimum absolute atomic E-state index is 0.0485.